The second-order valence-electron chi connectivity index (χ2n) is 11.2. The van der Waals surface area contributed by atoms with E-state index < -0.39 is 6.15 Å². The molecule has 0 N–H and O–H groups in total. The first kappa shape index (κ1) is 30.2. The summed E-state index contributed by atoms with van der Waals surface area (Å²) in [5.74, 6) is 0.860. The van der Waals surface area contributed by atoms with Crippen LogP contribution in [-0.2, 0) is 18.4 Å². The van der Waals surface area contributed by atoms with Crippen molar-refractivity contribution >= 4 is 35.2 Å². The van der Waals surface area contributed by atoms with Gasteiger partial charge in [-0.3, -0.25) is 0 Å². The van der Waals surface area contributed by atoms with E-state index in [4.69, 9.17) is 0 Å². The Morgan fingerprint density at radius 2 is 0.884 bits per heavy atom. The molecule has 0 bridgehead atoms. The zero-order valence-corrected chi connectivity index (χ0v) is 26.1. The number of hydrogen-bond acceptors (Lipinski definition) is 0. The third kappa shape index (κ3) is 7.21. The molecule has 2 heteroatoms. The van der Waals surface area contributed by atoms with Gasteiger partial charge < -0.3 is 0 Å². The van der Waals surface area contributed by atoms with Crippen LogP contribution in [0.3, 0.4) is 0 Å². The van der Waals surface area contributed by atoms with Crippen molar-refractivity contribution in [2.75, 3.05) is 0 Å². The van der Waals surface area contributed by atoms with Crippen molar-refractivity contribution in [1.82, 2.24) is 0 Å². The van der Waals surface area contributed by atoms with Gasteiger partial charge in [0.15, 0.2) is 0 Å². The molecule has 0 unspecified atom stereocenters. The molecule has 214 valence electrons. The van der Waals surface area contributed by atoms with Crippen LogP contribution < -0.4 is 16.4 Å². The summed E-state index contributed by atoms with van der Waals surface area (Å²) in [6.45, 7) is 2.28. The lowest BCUT2D eigenvalue weighted by Crippen LogP contribution is -2.66. The van der Waals surface area contributed by atoms with E-state index in [0.29, 0.717) is 0 Å². The second kappa shape index (κ2) is 15.3. The summed E-state index contributed by atoms with van der Waals surface area (Å²) in [5, 5.41) is 0. The first-order chi connectivity index (χ1) is 21.3. The van der Waals surface area contributed by atoms with Crippen LogP contribution in [0.25, 0.3) is 22.3 Å². The highest BCUT2D eigenvalue weighted by Gasteiger charge is 2.28. The van der Waals surface area contributed by atoms with Crippen LogP contribution in [0.2, 0.25) is 6.32 Å². The van der Waals surface area contributed by atoms with Crippen LogP contribution in [0.5, 0.6) is 0 Å². The first-order valence-electron chi connectivity index (χ1n) is 15.5. The standard InChI is InChI=1S/C22H24B.C19H16S/c1-2-3-19-23(20-13-7-4-8-14-20,21-15-9-5-10-16-21)22-17-11-6-12-18-22;20-14-18-12-11-17(15-7-3-1-4-8-15)13-19(18)16-9-5-2-6-10-16/h4-18H,2-3,19H2,1H3;1-13,20H,14H2/q-1;/p+1. The van der Waals surface area contributed by atoms with Crippen molar-refractivity contribution in [2.24, 2.45) is 0 Å². The van der Waals surface area contributed by atoms with Gasteiger partial charge in [0, 0.05) is 5.56 Å². The average Bonchev–Trinajstić information content (AvgIpc) is 3.11. The van der Waals surface area contributed by atoms with Gasteiger partial charge in [-0.15, -0.1) is 0 Å². The maximum atomic E-state index is 3.64. The van der Waals surface area contributed by atoms with E-state index in [-0.39, 0.29) is 0 Å². The Balaban J connectivity index is 0.000000173. The van der Waals surface area contributed by atoms with E-state index in [1.165, 1.54) is 63.4 Å². The maximum Gasteiger partial charge on any atom is 0.129 e. The number of unbranched alkanes of at least 4 members (excludes halogenated alkanes) is 1. The average molecular weight is 577 g/mol. The van der Waals surface area contributed by atoms with E-state index in [9.17, 15) is 0 Å². The van der Waals surface area contributed by atoms with E-state index >= 15 is 0 Å². The zero-order chi connectivity index (χ0) is 29.7. The quantitative estimate of drug-likeness (QED) is 0.120. The lowest BCUT2D eigenvalue weighted by molar-refractivity contribution is 0.874. The molecule has 0 aliphatic carbocycles. The normalized spacial score (nSPS) is 10.9. The van der Waals surface area contributed by atoms with Crippen molar-refractivity contribution in [1.29, 1.82) is 0 Å². The molecule has 0 amide bonds. The molecule has 6 rings (SSSR count). The molecule has 0 aliphatic rings. The molecule has 0 radical (unpaired) electrons. The number of rotatable bonds is 9. The summed E-state index contributed by atoms with van der Waals surface area (Å²) in [7, 11) is 0. The molecule has 6 aromatic carbocycles. The molecule has 0 spiro atoms. The first-order valence-corrected chi connectivity index (χ1v) is 16.2. The molecule has 0 nitrogen and oxygen atoms in total. The monoisotopic (exact) mass is 576 g/mol. The fourth-order valence-electron chi connectivity index (χ4n) is 6.36. The Hall–Kier alpha value is -4.27. The molecule has 0 fully saturated rings. The third-order valence-electron chi connectivity index (χ3n) is 8.59. The van der Waals surface area contributed by atoms with Crippen LogP contribution >= 0.6 is 0 Å². The minimum absolute atomic E-state index is 0.860. The van der Waals surface area contributed by atoms with E-state index in [1.54, 1.807) is 0 Å². The second-order valence-corrected chi connectivity index (χ2v) is 11.6. The Morgan fingerprint density at radius 1 is 0.465 bits per heavy atom. The van der Waals surface area contributed by atoms with Gasteiger partial charge in [0.1, 0.15) is 5.75 Å². The van der Waals surface area contributed by atoms with Gasteiger partial charge in [-0.2, -0.15) is 22.7 Å². The van der Waals surface area contributed by atoms with Gasteiger partial charge in [0.05, 0.1) is 6.15 Å². The Labute approximate surface area is 263 Å². The van der Waals surface area contributed by atoms with Gasteiger partial charge >= 0.3 is 0 Å². The van der Waals surface area contributed by atoms with Crippen LogP contribution in [0.1, 0.15) is 25.3 Å². The lowest BCUT2D eigenvalue weighted by Gasteiger charge is -2.43. The Bertz CT molecular complexity index is 1550. The third-order valence-corrected chi connectivity index (χ3v) is 8.97. The van der Waals surface area contributed by atoms with E-state index in [0.717, 1.165) is 5.75 Å². The Kier molecular flexibility index (Phi) is 10.7. The minimum Gasteiger partial charge on any atom is -0.200 e. The van der Waals surface area contributed by atoms with Crippen molar-refractivity contribution in [3.8, 4) is 22.3 Å². The molecule has 43 heavy (non-hydrogen) atoms. The van der Waals surface area contributed by atoms with Crippen LogP contribution in [0.4, 0.5) is 0 Å². The van der Waals surface area contributed by atoms with E-state index in [2.05, 4.69) is 183 Å². The van der Waals surface area contributed by atoms with Crippen LogP contribution in [0.15, 0.2) is 170 Å². The highest BCUT2D eigenvalue weighted by molar-refractivity contribution is 7.57. The highest BCUT2D eigenvalue weighted by atomic mass is 32.1. The van der Waals surface area contributed by atoms with Crippen LogP contribution in [-0.4, -0.2) is 6.15 Å². The largest absolute Gasteiger partial charge is 0.200 e. The van der Waals surface area contributed by atoms with Crippen LogP contribution in [0, 0.1) is 0 Å². The van der Waals surface area contributed by atoms with Crippen molar-refractivity contribution in [2.45, 2.75) is 31.8 Å². The van der Waals surface area contributed by atoms with Gasteiger partial charge in [0.25, 0.3) is 0 Å². The van der Waals surface area contributed by atoms with Gasteiger partial charge in [-0.1, -0.05) is 184 Å². The number of benzene rings is 6. The summed E-state index contributed by atoms with van der Waals surface area (Å²) in [6.07, 6.45) is 2.73. The topological polar surface area (TPSA) is 0 Å². The fourth-order valence-corrected chi connectivity index (χ4v) is 6.67. The summed E-state index contributed by atoms with van der Waals surface area (Å²) >= 11 is 3.64. The molecular weight excluding hydrogens is 535 g/mol. The highest BCUT2D eigenvalue weighted by Crippen LogP contribution is 2.29. The molecule has 0 aromatic heterocycles. The Morgan fingerprint density at radius 3 is 1.30 bits per heavy atom. The maximum absolute atomic E-state index is 3.64. The predicted molar refractivity (Wildman–Crippen MR) is 195 cm³/mol. The molecule has 0 atom stereocenters. The minimum atomic E-state index is -0.913. The summed E-state index contributed by atoms with van der Waals surface area (Å²) in [6, 6.07) is 60.9. The molecule has 0 saturated heterocycles. The predicted octanol–water partition coefficient (Wildman–Crippen LogP) is 8.49. The van der Waals surface area contributed by atoms with Gasteiger partial charge in [-0.25, -0.2) is 0 Å². The van der Waals surface area contributed by atoms with Gasteiger partial charge in [0.2, 0.25) is 0 Å². The van der Waals surface area contributed by atoms with E-state index in [1.807, 2.05) is 6.07 Å². The fraction of sp³-hybridized carbons (Fsp3) is 0.122. The zero-order valence-electron chi connectivity index (χ0n) is 25.1. The molecule has 0 heterocycles. The van der Waals surface area contributed by atoms with Crippen molar-refractivity contribution < 1.29 is 0 Å². The number of hydrogen-bond donors (Lipinski definition) is 0. The summed E-state index contributed by atoms with van der Waals surface area (Å²) < 4.78 is 0. The van der Waals surface area contributed by atoms with Gasteiger partial charge in [-0.05, 0) is 40.9 Å². The molecule has 0 aliphatic heterocycles. The van der Waals surface area contributed by atoms with Crippen molar-refractivity contribution in [3.63, 3.8) is 0 Å². The lowest BCUT2D eigenvalue weighted by atomic mass is 9.14. The van der Waals surface area contributed by atoms with Crippen molar-refractivity contribution in [3.05, 3.63) is 175 Å². The molecule has 0 saturated carbocycles. The smallest absolute Gasteiger partial charge is 0.129 e. The molecular formula is C41H41BS. The molecule has 6 aromatic rings. The SMILES string of the molecule is CCCC[B-](c1ccccc1)(c1ccccc1)c1ccccc1.[SH2+]Cc1ccc(-c2ccccc2)cc1-c1ccccc1. The summed E-state index contributed by atoms with van der Waals surface area (Å²) in [5.41, 5.74) is 10.7. The summed E-state index contributed by atoms with van der Waals surface area (Å²) in [4.78, 5) is 0.